The van der Waals surface area contributed by atoms with E-state index >= 15 is 0 Å². The Morgan fingerprint density at radius 2 is 2.00 bits per heavy atom. The van der Waals surface area contributed by atoms with Crippen LogP contribution in [0.5, 0.6) is 5.88 Å². The van der Waals surface area contributed by atoms with Gasteiger partial charge in [-0.15, -0.1) is 11.3 Å². The van der Waals surface area contributed by atoms with Crippen molar-refractivity contribution in [2.45, 2.75) is 39.8 Å². The first-order chi connectivity index (χ1) is 9.58. The SMILES string of the molecule is CCc1ccc(CNc2ccc(N)c(OC(C)C)n2)s1. The molecular weight excluding hydrogens is 270 g/mol. The summed E-state index contributed by atoms with van der Waals surface area (Å²) in [7, 11) is 0. The molecule has 3 N–H and O–H groups in total. The van der Waals surface area contributed by atoms with Gasteiger partial charge in [0.1, 0.15) is 5.82 Å². The maximum atomic E-state index is 5.85. The Kier molecular flexibility index (Phi) is 4.84. The number of nitrogen functional groups attached to an aromatic ring is 1. The van der Waals surface area contributed by atoms with Crippen LogP contribution in [0.4, 0.5) is 11.5 Å². The first kappa shape index (κ1) is 14.7. The van der Waals surface area contributed by atoms with Gasteiger partial charge in [-0.05, 0) is 44.5 Å². The minimum atomic E-state index is 0.0597. The summed E-state index contributed by atoms with van der Waals surface area (Å²) in [5.74, 6) is 1.27. The lowest BCUT2D eigenvalue weighted by Gasteiger charge is -2.12. The molecule has 4 nitrogen and oxygen atoms in total. The van der Waals surface area contributed by atoms with Crippen molar-refractivity contribution < 1.29 is 4.74 Å². The molecule has 0 aliphatic carbocycles. The molecule has 5 heteroatoms. The molecule has 0 bridgehead atoms. The van der Waals surface area contributed by atoms with Crippen molar-refractivity contribution in [2.75, 3.05) is 11.1 Å². The van der Waals surface area contributed by atoms with Crippen LogP contribution < -0.4 is 15.8 Å². The van der Waals surface area contributed by atoms with Crippen LogP contribution in [0.1, 0.15) is 30.5 Å². The zero-order chi connectivity index (χ0) is 14.5. The van der Waals surface area contributed by atoms with Gasteiger partial charge >= 0.3 is 0 Å². The van der Waals surface area contributed by atoms with Gasteiger partial charge in [-0.2, -0.15) is 4.98 Å². The summed E-state index contributed by atoms with van der Waals surface area (Å²) in [6, 6.07) is 8.01. The Morgan fingerprint density at radius 3 is 2.65 bits per heavy atom. The van der Waals surface area contributed by atoms with Crippen LogP contribution in [0.25, 0.3) is 0 Å². The van der Waals surface area contributed by atoms with Crippen LogP contribution in [0, 0.1) is 0 Å². The number of nitrogens with two attached hydrogens (primary N) is 1. The second-order valence-electron chi connectivity index (χ2n) is 4.83. The fourth-order valence-electron chi connectivity index (χ4n) is 1.75. The van der Waals surface area contributed by atoms with E-state index in [4.69, 9.17) is 10.5 Å². The molecule has 0 aliphatic rings. The lowest BCUT2D eigenvalue weighted by Crippen LogP contribution is -2.10. The fraction of sp³-hybridized carbons (Fsp3) is 0.400. The standard InChI is InChI=1S/C15H21N3OS/c1-4-11-5-6-12(20-11)9-17-14-8-7-13(16)15(18-14)19-10(2)3/h5-8,10H,4,9,16H2,1-3H3,(H,17,18). The van der Waals surface area contributed by atoms with Gasteiger partial charge in [0.15, 0.2) is 0 Å². The summed E-state index contributed by atoms with van der Waals surface area (Å²) in [5.41, 5.74) is 6.42. The number of aromatic nitrogens is 1. The van der Waals surface area contributed by atoms with Crippen LogP contribution in [0.15, 0.2) is 24.3 Å². The summed E-state index contributed by atoms with van der Waals surface area (Å²) in [5, 5.41) is 3.30. The van der Waals surface area contributed by atoms with E-state index in [1.165, 1.54) is 9.75 Å². The highest BCUT2D eigenvalue weighted by atomic mass is 32.1. The fourth-order valence-corrected chi connectivity index (χ4v) is 2.65. The van der Waals surface area contributed by atoms with Crippen molar-refractivity contribution in [3.05, 3.63) is 34.0 Å². The van der Waals surface area contributed by atoms with E-state index in [0.29, 0.717) is 11.6 Å². The third-order valence-corrected chi connectivity index (χ3v) is 3.98. The Hall–Kier alpha value is -1.75. The van der Waals surface area contributed by atoms with Crippen molar-refractivity contribution in [1.29, 1.82) is 0 Å². The van der Waals surface area contributed by atoms with E-state index < -0.39 is 0 Å². The van der Waals surface area contributed by atoms with Crippen LogP contribution >= 0.6 is 11.3 Å². The first-order valence-corrected chi connectivity index (χ1v) is 7.64. The molecule has 108 valence electrons. The number of hydrogen-bond donors (Lipinski definition) is 2. The number of hydrogen-bond acceptors (Lipinski definition) is 5. The predicted octanol–water partition coefficient (Wildman–Crippen LogP) is 3.69. The average Bonchev–Trinajstić information content (AvgIpc) is 2.87. The zero-order valence-corrected chi connectivity index (χ0v) is 13.0. The van der Waals surface area contributed by atoms with E-state index in [1.54, 1.807) is 0 Å². The highest BCUT2D eigenvalue weighted by Gasteiger charge is 2.07. The molecule has 0 amide bonds. The number of aryl methyl sites for hydroxylation is 1. The van der Waals surface area contributed by atoms with E-state index in [9.17, 15) is 0 Å². The largest absolute Gasteiger partial charge is 0.473 e. The Balaban J connectivity index is 2.02. The van der Waals surface area contributed by atoms with E-state index in [-0.39, 0.29) is 6.10 Å². The molecule has 0 aromatic carbocycles. The van der Waals surface area contributed by atoms with Gasteiger partial charge in [0.2, 0.25) is 5.88 Å². The highest BCUT2D eigenvalue weighted by Crippen LogP contribution is 2.23. The number of nitrogens with one attached hydrogen (secondary N) is 1. The lowest BCUT2D eigenvalue weighted by molar-refractivity contribution is 0.234. The maximum Gasteiger partial charge on any atom is 0.239 e. The van der Waals surface area contributed by atoms with Crippen LogP contribution in [0.3, 0.4) is 0 Å². The topological polar surface area (TPSA) is 60.2 Å². The molecule has 20 heavy (non-hydrogen) atoms. The minimum absolute atomic E-state index is 0.0597. The summed E-state index contributed by atoms with van der Waals surface area (Å²) >= 11 is 1.82. The number of ether oxygens (including phenoxy) is 1. The Morgan fingerprint density at radius 1 is 1.25 bits per heavy atom. The normalized spacial score (nSPS) is 10.8. The molecule has 2 rings (SSSR count). The van der Waals surface area contributed by atoms with E-state index in [2.05, 4.69) is 29.4 Å². The van der Waals surface area contributed by atoms with Crippen molar-refractivity contribution in [1.82, 2.24) is 4.98 Å². The van der Waals surface area contributed by atoms with Crippen molar-refractivity contribution in [2.24, 2.45) is 0 Å². The van der Waals surface area contributed by atoms with Gasteiger partial charge in [0, 0.05) is 9.75 Å². The van der Waals surface area contributed by atoms with Crippen molar-refractivity contribution in [3.8, 4) is 5.88 Å². The number of anilines is 2. The predicted molar refractivity (Wildman–Crippen MR) is 85.4 cm³/mol. The Bertz CT molecular complexity index is 566. The smallest absolute Gasteiger partial charge is 0.239 e. The summed E-state index contributed by atoms with van der Waals surface area (Å²) in [4.78, 5) is 7.10. The number of rotatable bonds is 6. The van der Waals surface area contributed by atoms with Gasteiger partial charge in [-0.3, -0.25) is 0 Å². The molecule has 0 saturated carbocycles. The van der Waals surface area contributed by atoms with E-state index in [0.717, 1.165) is 18.8 Å². The summed E-state index contributed by atoms with van der Waals surface area (Å²) in [6.45, 7) is 6.85. The number of nitrogens with zero attached hydrogens (tertiary/aromatic N) is 1. The van der Waals surface area contributed by atoms with Crippen molar-refractivity contribution >= 4 is 22.8 Å². The van der Waals surface area contributed by atoms with Gasteiger partial charge in [0.05, 0.1) is 18.3 Å². The minimum Gasteiger partial charge on any atom is -0.473 e. The van der Waals surface area contributed by atoms with Gasteiger partial charge in [-0.1, -0.05) is 6.92 Å². The third-order valence-electron chi connectivity index (χ3n) is 2.75. The van der Waals surface area contributed by atoms with Gasteiger partial charge < -0.3 is 15.8 Å². The first-order valence-electron chi connectivity index (χ1n) is 6.83. The molecule has 2 heterocycles. The average molecular weight is 291 g/mol. The molecule has 2 aromatic heterocycles. The second kappa shape index (κ2) is 6.61. The molecule has 0 unspecified atom stereocenters. The van der Waals surface area contributed by atoms with Crippen molar-refractivity contribution in [3.63, 3.8) is 0 Å². The molecule has 0 spiro atoms. The monoisotopic (exact) mass is 291 g/mol. The molecule has 0 radical (unpaired) electrons. The molecule has 0 saturated heterocycles. The second-order valence-corrected chi connectivity index (χ2v) is 6.09. The Labute approximate surface area is 124 Å². The van der Waals surface area contributed by atoms with Crippen LogP contribution in [-0.2, 0) is 13.0 Å². The van der Waals surface area contributed by atoms with Crippen LogP contribution in [-0.4, -0.2) is 11.1 Å². The quantitative estimate of drug-likeness (QED) is 0.852. The molecule has 0 atom stereocenters. The summed E-state index contributed by atoms with van der Waals surface area (Å²) < 4.78 is 5.59. The highest BCUT2D eigenvalue weighted by molar-refractivity contribution is 7.12. The maximum absolute atomic E-state index is 5.85. The van der Waals surface area contributed by atoms with Gasteiger partial charge in [-0.25, -0.2) is 0 Å². The summed E-state index contributed by atoms with van der Waals surface area (Å²) in [6.07, 6.45) is 1.14. The lowest BCUT2D eigenvalue weighted by atomic mass is 10.3. The third kappa shape index (κ3) is 3.87. The molecule has 0 aliphatic heterocycles. The number of thiophene rings is 1. The zero-order valence-electron chi connectivity index (χ0n) is 12.1. The number of pyridine rings is 1. The molecule has 2 aromatic rings. The molecular formula is C15H21N3OS. The molecule has 0 fully saturated rings. The van der Waals surface area contributed by atoms with Crippen LogP contribution in [0.2, 0.25) is 0 Å². The van der Waals surface area contributed by atoms with E-state index in [1.807, 2.05) is 37.3 Å². The van der Waals surface area contributed by atoms with Gasteiger partial charge in [0.25, 0.3) is 0 Å².